The molecule has 0 aliphatic carbocycles. The first-order chi connectivity index (χ1) is 11.9. The standard InChI is InChI=1S/C18H22N2O3S2/c1-18-12-19(2)15-7-4-3-6-14(15)17(18)13(11-21)10-20(18)25(22,23)16-8-5-9-24-16/h3-9,13,17,21H,10-12H2,1-2H3/t13-,17+,18-/m1/s1. The van der Waals surface area contributed by atoms with E-state index in [0.29, 0.717) is 17.3 Å². The Hall–Kier alpha value is -1.41. The van der Waals surface area contributed by atoms with Crippen LogP contribution in [0.15, 0.2) is 46.0 Å². The van der Waals surface area contributed by atoms with Crippen LogP contribution in [0, 0.1) is 5.92 Å². The Morgan fingerprint density at radius 1 is 1.28 bits per heavy atom. The van der Waals surface area contributed by atoms with Crippen molar-refractivity contribution in [3.63, 3.8) is 0 Å². The van der Waals surface area contributed by atoms with Crippen LogP contribution in [0.4, 0.5) is 5.69 Å². The van der Waals surface area contributed by atoms with E-state index >= 15 is 0 Å². The molecule has 0 radical (unpaired) electrons. The predicted molar refractivity (Wildman–Crippen MR) is 99.6 cm³/mol. The van der Waals surface area contributed by atoms with Crippen LogP contribution in [0.2, 0.25) is 0 Å². The number of rotatable bonds is 3. The molecule has 5 nitrogen and oxygen atoms in total. The number of aliphatic hydroxyl groups is 1. The molecule has 2 aliphatic heterocycles. The molecular weight excluding hydrogens is 356 g/mol. The predicted octanol–water partition coefficient (Wildman–Crippen LogP) is 2.35. The highest BCUT2D eigenvalue weighted by atomic mass is 32.2. The molecule has 0 unspecified atom stereocenters. The number of anilines is 1. The minimum atomic E-state index is -3.58. The SMILES string of the molecule is CN1C[C@]2(C)[C@H](c3ccccc31)[C@@H](CO)CN2S(=O)(=O)c1cccs1. The van der Waals surface area contributed by atoms with Crippen molar-refractivity contribution < 1.29 is 13.5 Å². The minimum Gasteiger partial charge on any atom is -0.396 e. The van der Waals surface area contributed by atoms with Crippen molar-refractivity contribution >= 4 is 27.0 Å². The van der Waals surface area contributed by atoms with E-state index in [2.05, 4.69) is 17.0 Å². The van der Waals surface area contributed by atoms with Gasteiger partial charge in [-0.1, -0.05) is 24.3 Å². The van der Waals surface area contributed by atoms with Gasteiger partial charge in [0.05, 0.1) is 5.54 Å². The molecule has 1 saturated heterocycles. The van der Waals surface area contributed by atoms with Gasteiger partial charge in [0.15, 0.2) is 0 Å². The zero-order valence-electron chi connectivity index (χ0n) is 14.3. The number of aliphatic hydroxyl groups excluding tert-OH is 1. The minimum absolute atomic E-state index is 0.0142. The third kappa shape index (κ3) is 2.37. The zero-order valence-corrected chi connectivity index (χ0v) is 15.9. The average Bonchev–Trinajstić information content (AvgIpc) is 3.21. The first-order valence-electron chi connectivity index (χ1n) is 8.37. The summed E-state index contributed by atoms with van der Waals surface area (Å²) in [4.78, 5) is 2.13. The Morgan fingerprint density at radius 2 is 2.04 bits per heavy atom. The largest absolute Gasteiger partial charge is 0.396 e. The molecule has 7 heteroatoms. The van der Waals surface area contributed by atoms with Crippen molar-refractivity contribution in [1.29, 1.82) is 0 Å². The second-order valence-corrected chi connectivity index (χ2v) is 10.2. The van der Waals surface area contributed by atoms with Crippen molar-refractivity contribution in [2.24, 2.45) is 5.92 Å². The molecule has 0 bridgehead atoms. The molecule has 1 fully saturated rings. The molecule has 25 heavy (non-hydrogen) atoms. The molecule has 4 rings (SSSR count). The Kier molecular flexibility index (Phi) is 3.95. The van der Waals surface area contributed by atoms with E-state index in [4.69, 9.17) is 0 Å². The van der Waals surface area contributed by atoms with Gasteiger partial charge in [-0.05, 0) is 30.0 Å². The van der Waals surface area contributed by atoms with Gasteiger partial charge in [-0.25, -0.2) is 8.42 Å². The number of sulfonamides is 1. The molecule has 1 aromatic carbocycles. The number of nitrogens with zero attached hydrogens (tertiary/aromatic N) is 2. The fraction of sp³-hybridized carbons (Fsp3) is 0.444. The quantitative estimate of drug-likeness (QED) is 0.891. The summed E-state index contributed by atoms with van der Waals surface area (Å²) in [6.45, 7) is 2.95. The fourth-order valence-corrected chi connectivity index (χ4v) is 7.62. The second kappa shape index (κ2) is 5.81. The molecule has 2 aliphatic rings. The number of benzene rings is 1. The molecule has 0 spiro atoms. The van der Waals surface area contributed by atoms with E-state index in [1.807, 2.05) is 26.1 Å². The number of fused-ring (bicyclic) bond motifs is 3. The van der Waals surface area contributed by atoms with E-state index in [1.54, 1.807) is 21.8 Å². The summed E-state index contributed by atoms with van der Waals surface area (Å²) in [5.74, 6) is -0.116. The monoisotopic (exact) mass is 378 g/mol. The van der Waals surface area contributed by atoms with Gasteiger partial charge >= 0.3 is 0 Å². The smallest absolute Gasteiger partial charge is 0.253 e. The van der Waals surface area contributed by atoms with E-state index in [-0.39, 0.29) is 18.4 Å². The van der Waals surface area contributed by atoms with Crippen molar-refractivity contribution in [2.45, 2.75) is 22.6 Å². The Labute approximate surface area is 152 Å². The van der Waals surface area contributed by atoms with Crippen LogP contribution in [0.1, 0.15) is 18.4 Å². The lowest BCUT2D eigenvalue weighted by atomic mass is 9.73. The van der Waals surface area contributed by atoms with Crippen molar-refractivity contribution in [3.8, 4) is 0 Å². The van der Waals surface area contributed by atoms with Gasteiger partial charge in [-0.2, -0.15) is 4.31 Å². The molecule has 2 aromatic rings. The van der Waals surface area contributed by atoms with Gasteiger partial charge in [-0.3, -0.25) is 0 Å². The highest BCUT2D eigenvalue weighted by Gasteiger charge is 2.58. The summed E-state index contributed by atoms with van der Waals surface area (Å²) in [5, 5.41) is 11.8. The van der Waals surface area contributed by atoms with Crippen LogP contribution in [-0.2, 0) is 10.0 Å². The van der Waals surface area contributed by atoms with E-state index in [0.717, 1.165) is 11.3 Å². The highest BCUT2D eigenvalue weighted by Crippen LogP contribution is 2.53. The maximum atomic E-state index is 13.3. The molecule has 1 N–H and O–H groups in total. The summed E-state index contributed by atoms with van der Waals surface area (Å²) < 4.78 is 28.5. The topological polar surface area (TPSA) is 60.9 Å². The van der Waals surface area contributed by atoms with Crippen molar-refractivity contribution in [3.05, 3.63) is 47.3 Å². The molecule has 3 heterocycles. The second-order valence-electron chi connectivity index (χ2n) is 7.16. The van der Waals surface area contributed by atoms with Crippen LogP contribution >= 0.6 is 11.3 Å². The molecule has 0 amide bonds. The van der Waals surface area contributed by atoms with Gasteiger partial charge in [0.2, 0.25) is 0 Å². The zero-order chi connectivity index (χ0) is 17.8. The third-order valence-electron chi connectivity index (χ3n) is 5.63. The van der Waals surface area contributed by atoms with Gasteiger partial charge in [0, 0.05) is 44.3 Å². The molecule has 3 atom stereocenters. The summed E-state index contributed by atoms with van der Waals surface area (Å²) >= 11 is 1.24. The molecule has 134 valence electrons. The Balaban J connectivity index is 1.87. The first kappa shape index (κ1) is 17.0. The maximum Gasteiger partial charge on any atom is 0.253 e. The Bertz CT molecular complexity index is 881. The summed E-state index contributed by atoms with van der Waals surface area (Å²) in [7, 11) is -1.58. The number of hydrogen-bond acceptors (Lipinski definition) is 5. The fourth-order valence-electron chi connectivity index (χ4n) is 4.67. The Morgan fingerprint density at radius 3 is 2.72 bits per heavy atom. The molecule has 1 aromatic heterocycles. The van der Waals surface area contributed by atoms with Gasteiger partial charge in [0.1, 0.15) is 4.21 Å². The summed E-state index contributed by atoms with van der Waals surface area (Å²) in [6.07, 6.45) is 0. The van der Waals surface area contributed by atoms with Gasteiger partial charge < -0.3 is 10.0 Å². The number of para-hydroxylation sites is 1. The third-order valence-corrected chi connectivity index (χ3v) is 9.00. The lowest BCUT2D eigenvalue weighted by Crippen LogP contribution is -2.56. The first-order valence-corrected chi connectivity index (χ1v) is 10.7. The van der Waals surface area contributed by atoms with E-state index < -0.39 is 15.6 Å². The molecule has 0 saturated carbocycles. The van der Waals surface area contributed by atoms with Crippen molar-refractivity contribution in [2.75, 3.05) is 31.6 Å². The van der Waals surface area contributed by atoms with Crippen LogP contribution in [0.25, 0.3) is 0 Å². The number of likely N-dealkylation sites (N-methyl/N-ethyl adjacent to an activating group) is 1. The van der Waals surface area contributed by atoms with Crippen LogP contribution < -0.4 is 4.90 Å². The normalized spacial score (nSPS) is 29.5. The van der Waals surface area contributed by atoms with E-state index in [1.165, 1.54) is 11.3 Å². The summed E-state index contributed by atoms with van der Waals surface area (Å²) in [5.41, 5.74) is 1.67. The van der Waals surface area contributed by atoms with Gasteiger partial charge in [-0.15, -0.1) is 11.3 Å². The average molecular weight is 379 g/mol. The maximum absolute atomic E-state index is 13.3. The lowest BCUT2D eigenvalue weighted by molar-refractivity contribution is 0.205. The number of hydrogen-bond donors (Lipinski definition) is 1. The van der Waals surface area contributed by atoms with Crippen LogP contribution in [0.3, 0.4) is 0 Å². The van der Waals surface area contributed by atoms with Gasteiger partial charge in [0.25, 0.3) is 10.0 Å². The summed E-state index contributed by atoms with van der Waals surface area (Å²) in [6, 6.07) is 11.5. The molecular formula is C18H22N2O3S2. The lowest BCUT2D eigenvalue weighted by Gasteiger charge is -2.47. The highest BCUT2D eigenvalue weighted by molar-refractivity contribution is 7.91. The number of thiophene rings is 1. The van der Waals surface area contributed by atoms with E-state index in [9.17, 15) is 13.5 Å². The van der Waals surface area contributed by atoms with Crippen LogP contribution in [-0.4, -0.2) is 50.1 Å². The van der Waals surface area contributed by atoms with Crippen molar-refractivity contribution in [1.82, 2.24) is 4.31 Å². The van der Waals surface area contributed by atoms with Crippen LogP contribution in [0.5, 0.6) is 0 Å².